The second-order valence-corrected chi connectivity index (χ2v) is 6.18. The van der Waals surface area contributed by atoms with Crippen LogP contribution in [0.4, 0.5) is 0 Å². The summed E-state index contributed by atoms with van der Waals surface area (Å²) in [6, 6.07) is 17.1. The van der Waals surface area contributed by atoms with Gasteiger partial charge in [-0.15, -0.1) is 0 Å². The molecule has 0 unspecified atom stereocenters. The minimum absolute atomic E-state index is 0.0457. The SMILES string of the molecule is COc1cccc(OCC(=O)N2CC[C@H](c3ccccc3)[C@H](O)C2)c1. The Labute approximate surface area is 147 Å². The number of carbonyl (C=O) groups excluding carboxylic acids is 1. The average Bonchev–Trinajstić information content (AvgIpc) is 2.67. The summed E-state index contributed by atoms with van der Waals surface area (Å²) >= 11 is 0. The maximum Gasteiger partial charge on any atom is 0.260 e. The van der Waals surface area contributed by atoms with Crippen molar-refractivity contribution in [3.8, 4) is 11.5 Å². The van der Waals surface area contributed by atoms with Crippen LogP contribution < -0.4 is 9.47 Å². The smallest absolute Gasteiger partial charge is 0.260 e. The normalized spacial score (nSPS) is 20.2. The Bertz CT molecular complexity index is 704. The van der Waals surface area contributed by atoms with E-state index in [9.17, 15) is 9.90 Å². The largest absolute Gasteiger partial charge is 0.497 e. The highest BCUT2D eigenvalue weighted by Crippen LogP contribution is 2.28. The van der Waals surface area contributed by atoms with E-state index >= 15 is 0 Å². The molecule has 2 aromatic carbocycles. The Balaban J connectivity index is 1.54. The number of β-amino-alcohol motifs (C(OH)–C–C–N with tert-alkyl or cyclic N) is 1. The van der Waals surface area contributed by atoms with Crippen molar-refractivity contribution in [2.75, 3.05) is 26.8 Å². The van der Waals surface area contributed by atoms with E-state index in [-0.39, 0.29) is 18.4 Å². The van der Waals surface area contributed by atoms with Crippen molar-refractivity contribution in [3.05, 3.63) is 60.2 Å². The molecule has 2 atom stereocenters. The van der Waals surface area contributed by atoms with E-state index in [0.717, 1.165) is 12.0 Å². The van der Waals surface area contributed by atoms with Crippen LogP contribution in [0.1, 0.15) is 17.9 Å². The van der Waals surface area contributed by atoms with Gasteiger partial charge in [0, 0.05) is 25.1 Å². The van der Waals surface area contributed by atoms with Crippen molar-refractivity contribution in [2.24, 2.45) is 0 Å². The van der Waals surface area contributed by atoms with Gasteiger partial charge in [0.05, 0.1) is 13.2 Å². The zero-order valence-corrected chi connectivity index (χ0v) is 14.3. The highest BCUT2D eigenvalue weighted by molar-refractivity contribution is 5.78. The molecule has 25 heavy (non-hydrogen) atoms. The van der Waals surface area contributed by atoms with Crippen LogP contribution in [-0.2, 0) is 4.79 Å². The number of methoxy groups -OCH3 is 1. The first-order valence-corrected chi connectivity index (χ1v) is 8.45. The zero-order valence-electron chi connectivity index (χ0n) is 14.3. The van der Waals surface area contributed by atoms with Crippen molar-refractivity contribution in [3.63, 3.8) is 0 Å². The lowest BCUT2D eigenvalue weighted by atomic mass is 9.87. The number of nitrogens with zero attached hydrogens (tertiary/aromatic N) is 1. The summed E-state index contributed by atoms with van der Waals surface area (Å²) in [5.74, 6) is 1.23. The van der Waals surface area contributed by atoms with Crippen LogP contribution in [-0.4, -0.2) is 48.8 Å². The van der Waals surface area contributed by atoms with Crippen LogP contribution in [0.25, 0.3) is 0 Å². The molecule has 5 nitrogen and oxygen atoms in total. The predicted molar refractivity (Wildman–Crippen MR) is 94.9 cm³/mol. The highest BCUT2D eigenvalue weighted by atomic mass is 16.5. The molecule has 132 valence electrons. The van der Waals surface area contributed by atoms with Gasteiger partial charge in [0.25, 0.3) is 5.91 Å². The molecule has 1 saturated heterocycles. The number of carbonyl (C=O) groups is 1. The van der Waals surface area contributed by atoms with Gasteiger partial charge >= 0.3 is 0 Å². The predicted octanol–water partition coefficient (Wildman–Crippen LogP) is 2.45. The summed E-state index contributed by atoms with van der Waals surface area (Å²) in [6.45, 7) is 0.909. The molecule has 0 aliphatic carbocycles. The third-order valence-electron chi connectivity index (χ3n) is 4.57. The number of ether oxygens (including phenoxy) is 2. The minimum atomic E-state index is -0.558. The maximum atomic E-state index is 12.4. The zero-order chi connectivity index (χ0) is 17.6. The van der Waals surface area contributed by atoms with E-state index in [1.807, 2.05) is 42.5 Å². The Hall–Kier alpha value is -2.53. The van der Waals surface area contributed by atoms with Gasteiger partial charge in [0.15, 0.2) is 6.61 Å². The van der Waals surface area contributed by atoms with Crippen LogP contribution in [0.3, 0.4) is 0 Å². The van der Waals surface area contributed by atoms with Crippen LogP contribution in [0.2, 0.25) is 0 Å². The molecule has 2 aromatic rings. The molecule has 1 aliphatic rings. The van der Waals surface area contributed by atoms with E-state index in [0.29, 0.717) is 24.6 Å². The third-order valence-corrected chi connectivity index (χ3v) is 4.57. The Kier molecular flexibility index (Phi) is 5.56. The fraction of sp³-hybridized carbons (Fsp3) is 0.350. The van der Waals surface area contributed by atoms with E-state index in [1.54, 1.807) is 24.1 Å². The standard InChI is InChI=1S/C20H23NO4/c1-24-16-8-5-9-17(12-16)25-14-20(23)21-11-10-18(19(22)13-21)15-6-3-2-4-7-15/h2-9,12,18-19,22H,10-11,13-14H2,1H3/t18-,19-/m1/s1. The molecule has 0 bridgehead atoms. The summed E-state index contributed by atoms with van der Waals surface area (Å²) in [4.78, 5) is 14.0. The summed E-state index contributed by atoms with van der Waals surface area (Å²) in [5.41, 5.74) is 1.12. The number of hydrogen-bond acceptors (Lipinski definition) is 4. The van der Waals surface area contributed by atoms with Crippen molar-refractivity contribution in [1.29, 1.82) is 0 Å². The number of hydrogen-bond donors (Lipinski definition) is 1. The molecule has 5 heteroatoms. The summed E-state index contributed by atoms with van der Waals surface area (Å²) < 4.78 is 10.7. The Morgan fingerprint density at radius 2 is 1.92 bits per heavy atom. The minimum Gasteiger partial charge on any atom is -0.497 e. The first kappa shape index (κ1) is 17.3. The number of aliphatic hydroxyl groups excluding tert-OH is 1. The second-order valence-electron chi connectivity index (χ2n) is 6.18. The lowest BCUT2D eigenvalue weighted by Crippen LogP contribution is -2.47. The lowest BCUT2D eigenvalue weighted by molar-refractivity contribution is -0.136. The first-order chi connectivity index (χ1) is 12.2. The van der Waals surface area contributed by atoms with Gasteiger partial charge in [-0.3, -0.25) is 4.79 Å². The van der Waals surface area contributed by atoms with E-state index in [1.165, 1.54) is 0 Å². The van der Waals surface area contributed by atoms with Gasteiger partial charge in [-0.05, 0) is 24.1 Å². The van der Waals surface area contributed by atoms with Crippen molar-refractivity contribution in [1.82, 2.24) is 4.90 Å². The van der Waals surface area contributed by atoms with Gasteiger partial charge in [-0.2, -0.15) is 0 Å². The van der Waals surface area contributed by atoms with Crippen LogP contribution in [0.5, 0.6) is 11.5 Å². The second kappa shape index (κ2) is 8.03. The summed E-state index contributed by atoms with van der Waals surface area (Å²) in [7, 11) is 1.59. The highest BCUT2D eigenvalue weighted by Gasteiger charge is 2.31. The number of likely N-dealkylation sites (tertiary alicyclic amines) is 1. The number of piperidine rings is 1. The topological polar surface area (TPSA) is 59.0 Å². The van der Waals surface area contributed by atoms with E-state index in [2.05, 4.69) is 0 Å². The van der Waals surface area contributed by atoms with Gasteiger partial charge in [-0.1, -0.05) is 36.4 Å². The monoisotopic (exact) mass is 341 g/mol. The van der Waals surface area contributed by atoms with E-state index in [4.69, 9.17) is 9.47 Å². The van der Waals surface area contributed by atoms with Gasteiger partial charge in [0.2, 0.25) is 0 Å². The molecule has 1 heterocycles. The van der Waals surface area contributed by atoms with Crippen molar-refractivity contribution < 1.29 is 19.4 Å². The molecular formula is C20H23NO4. The third kappa shape index (κ3) is 4.31. The van der Waals surface area contributed by atoms with E-state index < -0.39 is 6.10 Å². The first-order valence-electron chi connectivity index (χ1n) is 8.45. The van der Waals surface area contributed by atoms with Crippen molar-refractivity contribution in [2.45, 2.75) is 18.4 Å². The summed E-state index contributed by atoms with van der Waals surface area (Å²) in [5, 5.41) is 10.4. The van der Waals surface area contributed by atoms with Gasteiger partial charge < -0.3 is 19.5 Å². The quantitative estimate of drug-likeness (QED) is 0.908. The molecule has 1 amide bonds. The Morgan fingerprint density at radius 1 is 1.16 bits per heavy atom. The molecule has 1 N–H and O–H groups in total. The Morgan fingerprint density at radius 3 is 2.64 bits per heavy atom. The van der Waals surface area contributed by atoms with Crippen LogP contribution >= 0.6 is 0 Å². The fourth-order valence-electron chi connectivity index (χ4n) is 3.17. The van der Waals surface area contributed by atoms with Crippen LogP contribution in [0.15, 0.2) is 54.6 Å². The molecule has 1 aliphatic heterocycles. The van der Waals surface area contributed by atoms with Gasteiger partial charge in [0.1, 0.15) is 11.5 Å². The number of amides is 1. The average molecular weight is 341 g/mol. The van der Waals surface area contributed by atoms with Crippen LogP contribution in [0, 0.1) is 0 Å². The summed E-state index contributed by atoms with van der Waals surface area (Å²) in [6.07, 6.45) is 0.188. The molecule has 0 spiro atoms. The molecule has 3 rings (SSSR count). The molecule has 0 aromatic heterocycles. The number of benzene rings is 2. The molecular weight excluding hydrogens is 318 g/mol. The fourth-order valence-corrected chi connectivity index (χ4v) is 3.17. The number of aliphatic hydroxyl groups is 1. The van der Waals surface area contributed by atoms with Gasteiger partial charge in [-0.25, -0.2) is 0 Å². The number of rotatable bonds is 5. The van der Waals surface area contributed by atoms with Crippen molar-refractivity contribution >= 4 is 5.91 Å². The lowest BCUT2D eigenvalue weighted by Gasteiger charge is -2.36. The maximum absolute atomic E-state index is 12.4. The molecule has 1 fully saturated rings. The molecule has 0 radical (unpaired) electrons. The molecule has 0 saturated carbocycles.